The zero-order chi connectivity index (χ0) is 21.3. The van der Waals surface area contributed by atoms with Crippen molar-refractivity contribution in [2.45, 2.75) is 31.7 Å². The number of carbonyl (C=O) groups is 4. The number of hydrogen-bond donors (Lipinski definition) is 1. The number of nitrogens with one attached hydrogen (secondary N) is 1. The number of urea groups is 1. The van der Waals surface area contributed by atoms with Gasteiger partial charge in [-0.05, 0) is 25.8 Å². The van der Waals surface area contributed by atoms with Gasteiger partial charge in [-0.25, -0.2) is 4.79 Å². The lowest BCUT2D eigenvalue weighted by Crippen LogP contribution is -2.49. The Morgan fingerprint density at radius 2 is 2.10 bits per heavy atom. The summed E-state index contributed by atoms with van der Waals surface area (Å²) in [4.78, 5) is 53.3. The number of piperidine rings is 1. The molecule has 3 aliphatic rings. The van der Waals surface area contributed by atoms with Crippen molar-refractivity contribution in [1.82, 2.24) is 15.1 Å². The Morgan fingerprint density at radius 3 is 2.90 bits per heavy atom. The third-order valence-electron chi connectivity index (χ3n) is 5.94. The minimum absolute atomic E-state index is 0.239. The number of esters is 1. The molecule has 1 spiro atoms. The largest absolute Gasteiger partial charge is 0.493 e. The van der Waals surface area contributed by atoms with Gasteiger partial charge < -0.3 is 19.7 Å². The number of likely N-dealkylation sites (tertiary alicyclic amines) is 1. The fraction of sp³-hybridized carbons (Fsp3) is 0.524. The van der Waals surface area contributed by atoms with Crippen molar-refractivity contribution in [1.29, 1.82) is 0 Å². The molecule has 160 valence electrons. The molecule has 1 aromatic carbocycles. The smallest absolute Gasteiger partial charge is 0.325 e. The van der Waals surface area contributed by atoms with E-state index in [1.807, 2.05) is 0 Å². The van der Waals surface area contributed by atoms with E-state index in [1.54, 1.807) is 31.2 Å². The number of rotatable bonds is 4. The molecule has 1 N–H and O–H groups in total. The maximum Gasteiger partial charge on any atom is 0.325 e. The Morgan fingerprint density at radius 1 is 1.30 bits per heavy atom. The molecule has 3 aliphatic heterocycles. The number of ether oxygens (including phenoxy) is 2. The van der Waals surface area contributed by atoms with E-state index in [0.717, 1.165) is 4.90 Å². The first-order chi connectivity index (χ1) is 14.5. The number of fused-ring (bicyclic) bond motifs is 2. The maximum absolute atomic E-state index is 13.3. The zero-order valence-electron chi connectivity index (χ0n) is 16.9. The highest BCUT2D eigenvalue weighted by Crippen LogP contribution is 2.40. The standard InChI is InChI=1S/C21H25N3O6/c1-2-29-18(26)14-6-5-10-23(12-14)17(25)13-24-19(27)21(22-20(24)28)9-11-30-16-8-4-3-7-15(16)21/h3-4,7-8,14H,2,5-6,9-13H2,1H3,(H,22,28). The van der Waals surface area contributed by atoms with E-state index >= 15 is 0 Å². The highest BCUT2D eigenvalue weighted by molar-refractivity contribution is 6.09. The van der Waals surface area contributed by atoms with Crippen molar-refractivity contribution < 1.29 is 28.7 Å². The van der Waals surface area contributed by atoms with Gasteiger partial charge in [-0.15, -0.1) is 0 Å². The van der Waals surface area contributed by atoms with Crippen molar-refractivity contribution in [2.75, 3.05) is 32.8 Å². The first-order valence-corrected chi connectivity index (χ1v) is 10.3. The molecule has 2 unspecified atom stereocenters. The van der Waals surface area contributed by atoms with Crippen LogP contribution in [0.2, 0.25) is 0 Å². The number of carbonyl (C=O) groups excluding carboxylic acids is 4. The second-order valence-electron chi connectivity index (χ2n) is 7.75. The third-order valence-corrected chi connectivity index (χ3v) is 5.94. The predicted octanol–water partition coefficient (Wildman–Crippen LogP) is 1.02. The van der Waals surface area contributed by atoms with E-state index in [1.165, 1.54) is 4.90 Å². The summed E-state index contributed by atoms with van der Waals surface area (Å²) in [6.45, 7) is 2.69. The Kier molecular flexibility index (Phi) is 5.36. The molecule has 9 heteroatoms. The van der Waals surface area contributed by atoms with Gasteiger partial charge in [-0.1, -0.05) is 18.2 Å². The van der Waals surface area contributed by atoms with Gasteiger partial charge in [0, 0.05) is 25.1 Å². The number of amides is 4. The van der Waals surface area contributed by atoms with Crippen LogP contribution in [0.4, 0.5) is 4.79 Å². The van der Waals surface area contributed by atoms with Crippen LogP contribution in [0.15, 0.2) is 24.3 Å². The summed E-state index contributed by atoms with van der Waals surface area (Å²) in [7, 11) is 0. The summed E-state index contributed by atoms with van der Waals surface area (Å²) in [5.74, 6) is -0.943. The van der Waals surface area contributed by atoms with Gasteiger partial charge in [0.1, 0.15) is 12.3 Å². The van der Waals surface area contributed by atoms with Crippen molar-refractivity contribution in [2.24, 2.45) is 5.92 Å². The van der Waals surface area contributed by atoms with E-state index in [-0.39, 0.29) is 37.5 Å². The van der Waals surface area contributed by atoms with Crippen LogP contribution >= 0.6 is 0 Å². The van der Waals surface area contributed by atoms with Crippen LogP contribution in [0.25, 0.3) is 0 Å². The van der Waals surface area contributed by atoms with Gasteiger partial charge in [0.25, 0.3) is 5.91 Å². The normalized spacial score (nSPS) is 25.6. The lowest BCUT2D eigenvalue weighted by atomic mass is 9.84. The lowest BCUT2D eigenvalue weighted by molar-refractivity contribution is -0.152. The van der Waals surface area contributed by atoms with Gasteiger partial charge in [-0.2, -0.15) is 0 Å². The summed E-state index contributed by atoms with van der Waals surface area (Å²) < 4.78 is 10.7. The molecular weight excluding hydrogens is 390 g/mol. The minimum atomic E-state index is -1.21. The third kappa shape index (κ3) is 3.38. The van der Waals surface area contributed by atoms with Gasteiger partial charge in [-0.3, -0.25) is 19.3 Å². The van der Waals surface area contributed by atoms with Crippen LogP contribution in [0, 0.1) is 5.92 Å². The second-order valence-corrected chi connectivity index (χ2v) is 7.75. The molecule has 0 bridgehead atoms. The number of imide groups is 1. The molecule has 0 radical (unpaired) electrons. The number of para-hydroxylation sites is 1. The van der Waals surface area contributed by atoms with Crippen LogP contribution in [-0.2, 0) is 24.7 Å². The first-order valence-electron chi connectivity index (χ1n) is 10.3. The molecule has 4 rings (SSSR count). The van der Waals surface area contributed by atoms with Crippen molar-refractivity contribution >= 4 is 23.8 Å². The fourth-order valence-electron chi connectivity index (χ4n) is 4.41. The molecule has 9 nitrogen and oxygen atoms in total. The summed E-state index contributed by atoms with van der Waals surface area (Å²) in [5.41, 5.74) is -0.605. The van der Waals surface area contributed by atoms with Crippen LogP contribution in [-0.4, -0.2) is 66.5 Å². The zero-order valence-corrected chi connectivity index (χ0v) is 16.9. The fourth-order valence-corrected chi connectivity index (χ4v) is 4.41. The Hall–Kier alpha value is -3.10. The number of hydrogen-bond acceptors (Lipinski definition) is 6. The molecule has 30 heavy (non-hydrogen) atoms. The molecule has 2 saturated heterocycles. The number of nitrogens with zero attached hydrogens (tertiary/aromatic N) is 2. The Labute approximate surface area is 174 Å². The average molecular weight is 415 g/mol. The Bertz CT molecular complexity index is 887. The van der Waals surface area contributed by atoms with Crippen LogP contribution in [0.3, 0.4) is 0 Å². The lowest BCUT2D eigenvalue weighted by Gasteiger charge is -2.34. The van der Waals surface area contributed by atoms with Crippen molar-refractivity contribution in [3.63, 3.8) is 0 Å². The summed E-state index contributed by atoms with van der Waals surface area (Å²) in [6.07, 6.45) is 1.63. The highest BCUT2D eigenvalue weighted by Gasteiger charge is 2.55. The van der Waals surface area contributed by atoms with Crippen LogP contribution < -0.4 is 10.1 Å². The molecule has 2 fully saturated rings. The van der Waals surface area contributed by atoms with Crippen molar-refractivity contribution in [3.05, 3.63) is 29.8 Å². The quantitative estimate of drug-likeness (QED) is 0.581. The molecule has 3 heterocycles. The maximum atomic E-state index is 13.3. The molecule has 4 amide bonds. The van der Waals surface area contributed by atoms with Gasteiger partial charge in [0.15, 0.2) is 5.54 Å². The topological polar surface area (TPSA) is 105 Å². The first kappa shape index (κ1) is 20.2. The Balaban J connectivity index is 1.48. The molecular formula is C21H25N3O6. The number of benzene rings is 1. The summed E-state index contributed by atoms with van der Waals surface area (Å²) in [6, 6.07) is 6.51. The van der Waals surface area contributed by atoms with Crippen LogP contribution in [0.1, 0.15) is 31.7 Å². The van der Waals surface area contributed by atoms with E-state index in [4.69, 9.17) is 9.47 Å². The molecule has 2 atom stereocenters. The summed E-state index contributed by atoms with van der Waals surface area (Å²) in [5, 5.41) is 2.79. The van der Waals surface area contributed by atoms with E-state index < -0.39 is 17.5 Å². The molecule has 0 saturated carbocycles. The molecule has 0 aliphatic carbocycles. The van der Waals surface area contributed by atoms with Gasteiger partial charge in [0.05, 0.1) is 19.1 Å². The predicted molar refractivity (Wildman–Crippen MR) is 104 cm³/mol. The van der Waals surface area contributed by atoms with E-state index in [9.17, 15) is 19.2 Å². The molecule has 0 aromatic heterocycles. The second kappa shape index (κ2) is 7.97. The van der Waals surface area contributed by atoms with Gasteiger partial charge in [0.2, 0.25) is 5.91 Å². The SMILES string of the molecule is CCOC(=O)C1CCCN(C(=O)CN2C(=O)NC3(CCOc4ccccc43)C2=O)C1. The van der Waals surface area contributed by atoms with E-state index in [0.29, 0.717) is 43.7 Å². The van der Waals surface area contributed by atoms with E-state index in [2.05, 4.69) is 5.32 Å². The highest BCUT2D eigenvalue weighted by atomic mass is 16.5. The summed E-state index contributed by atoms with van der Waals surface area (Å²) >= 11 is 0. The minimum Gasteiger partial charge on any atom is -0.493 e. The van der Waals surface area contributed by atoms with Crippen LogP contribution in [0.5, 0.6) is 5.75 Å². The van der Waals surface area contributed by atoms with Crippen molar-refractivity contribution in [3.8, 4) is 5.75 Å². The average Bonchev–Trinajstić information content (AvgIpc) is 2.99. The van der Waals surface area contributed by atoms with Gasteiger partial charge >= 0.3 is 12.0 Å². The monoisotopic (exact) mass is 415 g/mol. The molecule has 1 aromatic rings.